The van der Waals surface area contributed by atoms with E-state index < -0.39 is 0 Å². The average molecular weight is 226 g/mol. The highest BCUT2D eigenvalue weighted by molar-refractivity contribution is 4.90. The Morgan fingerprint density at radius 2 is 2.25 bits per heavy atom. The van der Waals surface area contributed by atoms with Gasteiger partial charge in [0.05, 0.1) is 6.61 Å². The van der Waals surface area contributed by atoms with E-state index in [2.05, 4.69) is 29.2 Å². The molecule has 16 heavy (non-hydrogen) atoms. The lowest BCUT2D eigenvalue weighted by Gasteiger charge is -2.24. The number of nitrogens with zero attached hydrogens (tertiary/aromatic N) is 3. The van der Waals surface area contributed by atoms with Crippen molar-refractivity contribution in [2.75, 3.05) is 26.8 Å². The van der Waals surface area contributed by atoms with Gasteiger partial charge in [-0.1, -0.05) is 13.8 Å². The number of hydrogen-bond donors (Lipinski definition) is 1. The molecule has 1 heterocycles. The number of rotatable bonds is 7. The average Bonchev–Trinajstić information content (AvgIpc) is 2.59. The van der Waals surface area contributed by atoms with Gasteiger partial charge in [0.1, 0.15) is 12.2 Å². The summed E-state index contributed by atoms with van der Waals surface area (Å²) in [5.74, 6) is 1.03. The van der Waals surface area contributed by atoms with Crippen molar-refractivity contribution in [1.29, 1.82) is 0 Å². The van der Waals surface area contributed by atoms with Gasteiger partial charge in [0.2, 0.25) is 0 Å². The van der Waals surface area contributed by atoms with E-state index >= 15 is 0 Å². The summed E-state index contributed by atoms with van der Waals surface area (Å²) in [6.07, 6.45) is 2.52. The minimum Gasteiger partial charge on any atom is -0.383 e. The minimum atomic E-state index is 0.175. The third-order valence-electron chi connectivity index (χ3n) is 2.53. The zero-order valence-corrected chi connectivity index (χ0v) is 10.7. The third-order valence-corrected chi connectivity index (χ3v) is 2.53. The first kappa shape index (κ1) is 13.1. The molecular weight excluding hydrogens is 204 g/mol. The van der Waals surface area contributed by atoms with E-state index in [1.165, 1.54) is 0 Å². The Labute approximate surface area is 97.2 Å². The molecule has 5 nitrogen and oxygen atoms in total. The predicted molar refractivity (Wildman–Crippen MR) is 63.2 cm³/mol. The van der Waals surface area contributed by atoms with Crippen molar-refractivity contribution in [3.8, 4) is 0 Å². The van der Waals surface area contributed by atoms with Gasteiger partial charge in [-0.3, -0.25) is 4.68 Å². The molecule has 1 aromatic heterocycles. The second-order valence-corrected chi connectivity index (χ2v) is 4.81. The maximum atomic E-state index is 4.99. The van der Waals surface area contributed by atoms with Gasteiger partial charge in [0.15, 0.2) is 0 Å². The molecule has 1 N–H and O–H groups in total. The molecule has 0 spiro atoms. The number of aromatic nitrogens is 3. The summed E-state index contributed by atoms with van der Waals surface area (Å²) in [5, 5.41) is 7.45. The van der Waals surface area contributed by atoms with Crippen molar-refractivity contribution in [1.82, 2.24) is 20.1 Å². The fourth-order valence-electron chi connectivity index (χ4n) is 1.57. The lowest BCUT2D eigenvalue weighted by Crippen LogP contribution is -2.33. The molecule has 0 aliphatic heterocycles. The Balaban J connectivity index is 2.36. The van der Waals surface area contributed by atoms with Gasteiger partial charge in [0.25, 0.3) is 0 Å². The molecule has 1 rings (SSSR count). The van der Waals surface area contributed by atoms with Crippen LogP contribution in [0.5, 0.6) is 0 Å². The van der Waals surface area contributed by atoms with E-state index in [1.54, 1.807) is 13.4 Å². The molecule has 1 aromatic rings. The van der Waals surface area contributed by atoms with Gasteiger partial charge in [-0.2, -0.15) is 5.10 Å². The van der Waals surface area contributed by atoms with Crippen LogP contribution in [0.15, 0.2) is 6.33 Å². The number of ether oxygens (including phenoxy) is 1. The van der Waals surface area contributed by atoms with Gasteiger partial charge >= 0.3 is 0 Å². The molecule has 92 valence electrons. The number of methoxy groups -OCH3 is 1. The van der Waals surface area contributed by atoms with Crippen molar-refractivity contribution in [2.45, 2.75) is 20.3 Å². The highest BCUT2D eigenvalue weighted by Gasteiger charge is 2.20. The summed E-state index contributed by atoms with van der Waals surface area (Å²) in [5.41, 5.74) is 0.175. The number of hydrogen-bond acceptors (Lipinski definition) is 4. The predicted octanol–water partition coefficient (Wildman–Crippen LogP) is 0.620. The van der Waals surface area contributed by atoms with Crippen molar-refractivity contribution in [3.63, 3.8) is 0 Å². The number of nitrogens with one attached hydrogen (secondary N) is 1. The number of aryl methyl sites for hydroxylation is 1. The first-order valence-electron chi connectivity index (χ1n) is 5.58. The van der Waals surface area contributed by atoms with Crippen molar-refractivity contribution in [2.24, 2.45) is 12.5 Å². The van der Waals surface area contributed by atoms with Crippen LogP contribution in [0.2, 0.25) is 0 Å². The van der Waals surface area contributed by atoms with Crippen molar-refractivity contribution in [3.05, 3.63) is 12.2 Å². The van der Waals surface area contributed by atoms with E-state index in [0.29, 0.717) is 0 Å². The molecule has 0 saturated heterocycles. The zero-order valence-electron chi connectivity index (χ0n) is 10.7. The van der Waals surface area contributed by atoms with E-state index in [1.807, 2.05) is 11.7 Å². The summed E-state index contributed by atoms with van der Waals surface area (Å²) in [6, 6.07) is 0. The molecule has 0 unspecified atom stereocenters. The van der Waals surface area contributed by atoms with E-state index in [9.17, 15) is 0 Å². The third kappa shape index (κ3) is 4.28. The Kier molecular flexibility index (Phi) is 4.89. The van der Waals surface area contributed by atoms with Gasteiger partial charge in [-0.15, -0.1) is 0 Å². The van der Waals surface area contributed by atoms with Crippen molar-refractivity contribution < 1.29 is 4.74 Å². The molecule has 0 bridgehead atoms. The van der Waals surface area contributed by atoms with E-state index in [-0.39, 0.29) is 5.41 Å². The van der Waals surface area contributed by atoms with Gasteiger partial charge < -0.3 is 10.1 Å². The summed E-state index contributed by atoms with van der Waals surface area (Å²) in [7, 11) is 3.64. The fraction of sp³-hybridized carbons (Fsp3) is 0.818. The van der Waals surface area contributed by atoms with Crippen LogP contribution in [0, 0.1) is 5.41 Å². The van der Waals surface area contributed by atoms with Crippen LogP contribution in [0.25, 0.3) is 0 Å². The van der Waals surface area contributed by atoms with Gasteiger partial charge in [-0.05, 0) is 5.41 Å². The molecule has 0 atom stereocenters. The summed E-state index contributed by atoms with van der Waals surface area (Å²) in [4.78, 5) is 4.24. The first-order valence-corrected chi connectivity index (χ1v) is 5.58. The quantitative estimate of drug-likeness (QED) is 0.693. The monoisotopic (exact) mass is 226 g/mol. The minimum absolute atomic E-state index is 0.175. The van der Waals surface area contributed by atoms with Crippen LogP contribution in [0.3, 0.4) is 0 Å². The highest BCUT2D eigenvalue weighted by atomic mass is 16.5. The summed E-state index contributed by atoms with van der Waals surface area (Å²) in [6.45, 7) is 7.03. The SMILES string of the molecule is COCCNCC(C)(C)Cc1ncnn1C. The Morgan fingerprint density at radius 1 is 1.50 bits per heavy atom. The lowest BCUT2D eigenvalue weighted by atomic mass is 9.89. The van der Waals surface area contributed by atoms with Gasteiger partial charge in [-0.25, -0.2) is 4.98 Å². The van der Waals surface area contributed by atoms with Crippen LogP contribution < -0.4 is 5.32 Å². The van der Waals surface area contributed by atoms with E-state index in [0.717, 1.165) is 31.9 Å². The van der Waals surface area contributed by atoms with Crippen LogP contribution in [-0.4, -0.2) is 41.6 Å². The Hall–Kier alpha value is -0.940. The van der Waals surface area contributed by atoms with E-state index in [4.69, 9.17) is 4.74 Å². The Bertz CT molecular complexity index is 309. The highest BCUT2D eigenvalue weighted by Crippen LogP contribution is 2.18. The zero-order chi connectivity index (χ0) is 12.0. The summed E-state index contributed by atoms with van der Waals surface area (Å²) >= 11 is 0. The lowest BCUT2D eigenvalue weighted by molar-refractivity contribution is 0.193. The smallest absolute Gasteiger partial charge is 0.138 e. The van der Waals surface area contributed by atoms with Crippen LogP contribution in [0.1, 0.15) is 19.7 Å². The molecule has 5 heteroatoms. The topological polar surface area (TPSA) is 52.0 Å². The maximum absolute atomic E-state index is 4.99. The molecule has 0 radical (unpaired) electrons. The maximum Gasteiger partial charge on any atom is 0.138 e. The van der Waals surface area contributed by atoms with Crippen molar-refractivity contribution >= 4 is 0 Å². The standard InChI is InChI=1S/C11H22N4O/c1-11(2,8-12-5-6-16-4)7-10-13-9-14-15(10)3/h9,12H,5-8H2,1-4H3. The molecule has 0 aromatic carbocycles. The molecular formula is C11H22N4O. The van der Waals surface area contributed by atoms with Crippen LogP contribution >= 0.6 is 0 Å². The molecule has 0 amide bonds. The normalized spacial score (nSPS) is 12.0. The first-order chi connectivity index (χ1) is 7.55. The molecule has 0 saturated carbocycles. The van der Waals surface area contributed by atoms with Crippen LogP contribution in [-0.2, 0) is 18.2 Å². The Morgan fingerprint density at radius 3 is 2.81 bits per heavy atom. The largest absolute Gasteiger partial charge is 0.383 e. The molecule has 0 aliphatic rings. The fourth-order valence-corrected chi connectivity index (χ4v) is 1.57. The van der Waals surface area contributed by atoms with Gasteiger partial charge in [0, 0.05) is 33.7 Å². The second kappa shape index (κ2) is 5.96. The molecule has 0 aliphatic carbocycles. The molecule has 0 fully saturated rings. The second-order valence-electron chi connectivity index (χ2n) is 4.81. The summed E-state index contributed by atoms with van der Waals surface area (Å²) < 4.78 is 6.82. The van der Waals surface area contributed by atoms with Crippen LogP contribution in [0.4, 0.5) is 0 Å².